The first-order valence-corrected chi connectivity index (χ1v) is 8.20. The SMILES string of the molecule is CCC(=O)CCCCCCCCCCN1C(=O)C=CC1=O. The maximum Gasteiger partial charge on any atom is 0.253 e. The Morgan fingerprint density at radius 1 is 0.857 bits per heavy atom. The van der Waals surface area contributed by atoms with E-state index in [9.17, 15) is 14.4 Å². The summed E-state index contributed by atoms with van der Waals surface area (Å²) in [6.07, 6.45) is 13.0. The molecule has 2 amide bonds. The summed E-state index contributed by atoms with van der Waals surface area (Å²) in [6, 6.07) is 0. The number of imide groups is 1. The standard InChI is InChI=1S/C17H27NO3/c1-2-15(19)11-9-7-5-3-4-6-8-10-14-18-16(20)12-13-17(18)21/h12-13H,2-11,14H2,1H3. The van der Waals surface area contributed by atoms with E-state index in [0.29, 0.717) is 18.7 Å². The number of hydrogen-bond donors (Lipinski definition) is 0. The van der Waals surface area contributed by atoms with Gasteiger partial charge in [0.05, 0.1) is 0 Å². The van der Waals surface area contributed by atoms with E-state index in [0.717, 1.165) is 38.5 Å². The van der Waals surface area contributed by atoms with Crippen molar-refractivity contribution in [3.05, 3.63) is 12.2 Å². The molecular weight excluding hydrogens is 266 g/mol. The molecule has 1 heterocycles. The van der Waals surface area contributed by atoms with Crippen molar-refractivity contribution in [1.29, 1.82) is 0 Å². The summed E-state index contributed by atoms with van der Waals surface area (Å²) in [5.41, 5.74) is 0. The van der Waals surface area contributed by atoms with Crippen LogP contribution in [-0.2, 0) is 14.4 Å². The van der Waals surface area contributed by atoms with Crippen LogP contribution in [0.2, 0.25) is 0 Å². The van der Waals surface area contributed by atoms with Crippen LogP contribution < -0.4 is 0 Å². The minimum atomic E-state index is -0.179. The Labute approximate surface area is 127 Å². The van der Waals surface area contributed by atoms with E-state index in [1.165, 1.54) is 36.3 Å². The van der Waals surface area contributed by atoms with Crippen LogP contribution in [0.15, 0.2) is 12.2 Å². The predicted molar refractivity (Wildman–Crippen MR) is 82.7 cm³/mol. The Kier molecular flexibility index (Phi) is 8.63. The van der Waals surface area contributed by atoms with E-state index in [-0.39, 0.29) is 11.8 Å². The molecule has 1 rings (SSSR count). The molecule has 0 saturated heterocycles. The van der Waals surface area contributed by atoms with Gasteiger partial charge in [-0.3, -0.25) is 19.3 Å². The molecule has 21 heavy (non-hydrogen) atoms. The monoisotopic (exact) mass is 293 g/mol. The van der Waals surface area contributed by atoms with Crippen LogP contribution >= 0.6 is 0 Å². The molecule has 118 valence electrons. The molecule has 0 aromatic carbocycles. The lowest BCUT2D eigenvalue weighted by Crippen LogP contribution is -2.30. The van der Waals surface area contributed by atoms with Crippen LogP contribution in [0.5, 0.6) is 0 Å². The summed E-state index contributed by atoms with van der Waals surface area (Å²) in [7, 11) is 0. The normalized spacial score (nSPS) is 14.2. The van der Waals surface area contributed by atoms with Crippen molar-refractivity contribution >= 4 is 17.6 Å². The van der Waals surface area contributed by atoms with Crippen molar-refractivity contribution in [1.82, 2.24) is 4.90 Å². The van der Waals surface area contributed by atoms with Crippen LogP contribution in [0.3, 0.4) is 0 Å². The topological polar surface area (TPSA) is 54.5 Å². The molecule has 4 heteroatoms. The number of ketones is 1. The average Bonchev–Trinajstić information content (AvgIpc) is 2.80. The van der Waals surface area contributed by atoms with Crippen molar-refractivity contribution < 1.29 is 14.4 Å². The summed E-state index contributed by atoms with van der Waals surface area (Å²) in [5.74, 6) is 0.0127. The van der Waals surface area contributed by atoms with Crippen LogP contribution in [0, 0.1) is 0 Å². The van der Waals surface area contributed by atoms with Crippen molar-refractivity contribution in [3.8, 4) is 0 Å². The number of carbonyl (C=O) groups is 3. The molecule has 0 aromatic rings. The molecule has 0 bridgehead atoms. The van der Waals surface area contributed by atoms with E-state index < -0.39 is 0 Å². The summed E-state index contributed by atoms with van der Waals surface area (Å²) in [5, 5.41) is 0. The fraction of sp³-hybridized carbons (Fsp3) is 0.706. The highest BCUT2D eigenvalue weighted by atomic mass is 16.2. The number of nitrogens with zero attached hydrogens (tertiary/aromatic N) is 1. The summed E-state index contributed by atoms with van der Waals surface area (Å²) in [4.78, 5) is 35.1. The first-order valence-electron chi connectivity index (χ1n) is 8.20. The minimum Gasteiger partial charge on any atom is -0.300 e. The first-order chi connectivity index (χ1) is 10.1. The van der Waals surface area contributed by atoms with Crippen LogP contribution in [0.4, 0.5) is 0 Å². The number of carbonyl (C=O) groups excluding carboxylic acids is 3. The molecule has 0 radical (unpaired) electrons. The second-order valence-corrected chi connectivity index (χ2v) is 5.63. The molecule has 0 spiro atoms. The lowest BCUT2D eigenvalue weighted by molar-refractivity contribution is -0.136. The molecule has 0 aliphatic carbocycles. The van der Waals surface area contributed by atoms with Gasteiger partial charge in [0.1, 0.15) is 5.78 Å². The number of hydrogen-bond acceptors (Lipinski definition) is 3. The molecule has 0 atom stereocenters. The molecular formula is C17H27NO3. The Morgan fingerprint density at radius 3 is 1.86 bits per heavy atom. The molecule has 0 N–H and O–H groups in total. The summed E-state index contributed by atoms with van der Waals surface area (Å²) >= 11 is 0. The van der Waals surface area contributed by atoms with Crippen molar-refractivity contribution in [2.75, 3.05) is 6.54 Å². The highest BCUT2D eigenvalue weighted by Crippen LogP contribution is 2.11. The third-order valence-electron chi connectivity index (χ3n) is 3.88. The Bertz CT molecular complexity index is 369. The van der Waals surface area contributed by atoms with Gasteiger partial charge in [0, 0.05) is 31.5 Å². The van der Waals surface area contributed by atoms with E-state index in [2.05, 4.69) is 0 Å². The predicted octanol–water partition coefficient (Wildman–Crippen LogP) is 3.40. The summed E-state index contributed by atoms with van der Waals surface area (Å²) in [6.45, 7) is 2.46. The van der Waals surface area contributed by atoms with Gasteiger partial charge in [-0.1, -0.05) is 45.4 Å². The molecule has 0 saturated carbocycles. The Morgan fingerprint density at radius 2 is 1.33 bits per heavy atom. The zero-order chi connectivity index (χ0) is 15.5. The van der Waals surface area contributed by atoms with E-state index >= 15 is 0 Å². The highest BCUT2D eigenvalue weighted by molar-refractivity contribution is 6.12. The fourth-order valence-electron chi connectivity index (χ4n) is 2.48. The van der Waals surface area contributed by atoms with Gasteiger partial charge < -0.3 is 0 Å². The zero-order valence-corrected chi connectivity index (χ0v) is 13.1. The number of amides is 2. The van der Waals surface area contributed by atoms with E-state index in [4.69, 9.17) is 0 Å². The number of unbranched alkanes of at least 4 members (excludes halogenated alkanes) is 7. The number of rotatable bonds is 12. The molecule has 0 fully saturated rings. The van der Waals surface area contributed by atoms with E-state index in [1.807, 2.05) is 6.92 Å². The largest absolute Gasteiger partial charge is 0.300 e. The second-order valence-electron chi connectivity index (χ2n) is 5.63. The van der Waals surface area contributed by atoms with Gasteiger partial charge in [-0.15, -0.1) is 0 Å². The molecule has 1 aliphatic heterocycles. The molecule has 4 nitrogen and oxygen atoms in total. The summed E-state index contributed by atoms with van der Waals surface area (Å²) < 4.78 is 0. The second kappa shape index (κ2) is 10.3. The Hall–Kier alpha value is -1.45. The van der Waals surface area contributed by atoms with Gasteiger partial charge in [0.15, 0.2) is 0 Å². The van der Waals surface area contributed by atoms with Gasteiger partial charge in [0.2, 0.25) is 0 Å². The van der Waals surface area contributed by atoms with Gasteiger partial charge in [-0.25, -0.2) is 0 Å². The van der Waals surface area contributed by atoms with Crippen molar-refractivity contribution in [2.24, 2.45) is 0 Å². The quantitative estimate of drug-likeness (QED) is 0.409. The lowest BCUT2D eigenvalue weighted by atomic mass is 10.1. The van der Waals surface area contributed by atoms with E-state index in [1.54, 1.807) is 0 Å². The molecule has 0 aromatic heterocycles. The smallest absolute Gasteiger partial charge is 0.253 e. The van der Waals surface area contributed by atoms with Crippen LogP contribution in [0.1, 0.15) is 71.1 Å². The van der Waals surface area contributed by atoms with Gasteiger partial charge in [0.25, 0.3) is 11.8 Å². The van der Waals surface area contributed by atoms with Crippen LogP contribution in [0.25, 0.3) is 0 Å². The average molecular weight is 293 g/mol. The van der Waals surface area contributed by atoms with Gasteiger partial charge in [-0.2, -0.15) is 0 Å². The minimum absolute atomic E-state index is 0.179. The maximum atomic E-state index is 11.3. The zero-order valence-electron chi connectivity index (χ0n) is 13.1. The van der Waals surface area contributed by atoms with Crippen LogP contribution in [-0.4, -0.2) is 29.0 Å². The number of Topliss-reactive ketones (excluding diaryl/α,β-unsaturated/α-hetero) is 1. The van der Waals surface area contributed by atoms with Gasteiger partial charge >= 0.3 is 0 Å². The lowest BCUT2D eigenvalue weighted by Gasteiger charge is -2.12. The maximum absolute atomic E-state index is 11.3. The van der Waals surface area contributed by atoms with Gasteiger partial charge in [-0.05, 0) is 12.8 Å². The third kappa shape index (κ3) is 7.21. The molecule has 0 unspecified atom stereocenters. The third-order valence-corrected chi connectivity index (χ3v) is 3.88. The first kappa shape index (κ1) is 17.6. The Balaban J connectivity index is 1.86. The van der Waals surface area contributed by atoms with Crippen molar-refractivity contribution in [2.45, 2.75) is 71.1 Å². The molecule has 1 aliphatic rings. The fourth-order valence-corrected chi connectivity index (χ4v) is 2.48. The van der Waals surface area contributed by atoms with Crippen molar-refractivity contribution in [3.63, 3.8) is 0 Å². The highest BCUT2D eigenvalue weighted by Gasteiger charge is 2.21.